The number of benzene rings is 6. The van der Waals surface area contributed by atoms with Crippen LogP contribution in [-0.4, -0.2) is 0 Å². The maximum absolute atomic E-state index is 7.08. The van der Waals surface area contributed by atoms with Gasteiger partial charge in [-0.3, -0.25) is 0 Å². The van der Waals surface area contributed by atoms with E-state index in [0.717, 1.165) is 71.1 Å². The fourth-order valence-corrected chi connectivity index (χ4v) is 6.79. The van der Waals surface area contributed by atoms with E-state index < -0.39 is 0 Å². The molecule has 7 aromatic rings. The Labute approximate surface area is 234 Å². The van der Waals surface area contributed by atoms with Gasteiger partial charge in [0.1, 0.15) is 16.9 Å². The van der Waals surface area contributed by atoms with Crippen molar-refractivity contribution in [3.8, 4) is 11.5 Å². The molecule has 3 nitrogen and oxygen atoms in total. The zero-order valence-corrected chi connectivity index (χ0v) is 22.2. The number of ether oxygens (including phenoxy) is 1. The Morgan fingerprint density at radius 2 is 1.28 bits per heavy atom. The Balaban J connectivity index is 1.45. The summed E-state index contributed by atoms with van der Waals surface area (Å²) in [5, 5.41) is 4.88. The lowest BCUT2D eigenvalue weighted by molar-refractivity contribution is 0.456. The molecular weight excluding hydrogens is 522 g/mol. The zero-order valence-electron chi connectivity index (χ0n) is 20.6. The van der Waals surface area contributed by atoms with Gasteiger partial charge in [-0.15, -0.1) is 0 Å². The molecule has 0 spiro atoms. The molecule has 1 aliphatic heterocycles. The Morgan fingerprint density at radius 1 is 0.590 bits per heavy atom. The Hall–Kier alpha value is -4.38. The second-order valence-corrected chi connectivity index (χ2v) is 10.9. The van der Waals surface area contributed by atoms with Crippen molar-refractivity contribution in [1.82, 2.24) is 0 Å². The van der Waals surface area contributed by atoms with Crippen LogP contribution in [-0.2, 0) is 0 Å². The first kappa shape index (κ1) is 22.6. The first-order valence-corrected chi connectivity index (χ1v) is 13.9. The Kier molecular flexibility index (Phi) is 5.12. The van der Waals surface area contributed by atoms with Gasteiger partial charge in [0.2, 0.25) is 0 Å². The molecule has 0 atom stereocenters. The standard InChI is InChI=1S/C34H20ClNO2S/c35-31-25-13-4-5-14-26(25)32(33-34(31)39-30-17-9-8-16-28(30)38-33)36(21-10-2-1-3-11-21)22-18-19-24-23-12-6-7-15-27(23)37-29(24)20-22/h1-20H. The second-order valence-electron chi connectivity index (χ2n) is 9.47. The molecule has 0 unspecified atom stereocenters. The maximum Gasteiger partial charge on any atom is 0.167 e. The van der Waals surface area contributed by atoms with Crippen LogP contribution < -0.4 is 9.64 Å². The van der Waals surface area contributed by atoms with Crippen molar-refractivity contribution in [3.05, 3.63) is 126 Å². The van der Waals surface area contributed by atoms with Crippen LogP contribution in [0, 0.1) is 0 Å². The molecule has 2 heterocycles. The Morgan fingerprint density at radius 3 is 2.15 bits per heavy atom. The lowest BCUT2D eigenvalue weighted by Gasteiger charge is -2.32. The van der Waals surface area contributed by atoms with Crippen molar-refractivity contribution in [2.45, 2.75) is 9.79 Å². The maximum atomic E-state index is 7.08. The molecule has 0 aliphatic carbocycles. The predicted molar refractivity (Wildman–Crippen MR) is 162 cm³/mol. The van der Waals surface area contributed by atoms with E-state index in [4.69, 9.17) is 20.8 Å². The van der Waals surface area contributed by atoms with E-state index in [1.165, 1.54) is 0 Å². The van der Waals surface area contributed by atoms with Crippen molar-refractivity contribution < 1.29 is 9.15 Å². The lowest BCUT2D eigenvalue weighted by atomic mass is 10.0. The molecule has 0 bridgehead atoms. The van der Waals surface area contributed by atoms with Gasteiger partial charge in [-0.05, 0) is 42.5 Å². The number of para-hydroxylation sites is 3. The lowest BCUT2D eigenvalue weighted by Crippen LogP contribution is -2.13. The summed E-state index contributed by atoms with van der Waals surface area (Å²) in [6.07, 6.45) is 0. The number of halogens is 1. The third-order valence-electron chi connectivity index (χ3n) is 7.17. The molecule has 8 rings (SSSR count). The number of rotatable bonds is 3. The predicted octanol–water partition coefficient (Wildman–Crippen LogP) is 11.1. The minimum Gasteiger partial charge on any atom is -0.456 e. The summed E-state index contributed by atoms with van der Waals surface area (Å²) in [7, 11) is 0. The van der Waals surface area contributed by atoms with E-state index in [0.29, 0.717) is 5.02 Å². The molecule has 1 aromatic heterocycles. The van der Waals surface area contributed by atoms with Gasteiger partial charge in [0.15, 0.2) is 5.75 Å². The van der Waals surface area contributed by atoms with Crippen molar-refractivity contribution in [3.63, 3.8) is 0 Å². The first-order chi connectivity index (χ1) is 19.3. The second kappa shape index (κ2) is 8.84. The van der Waals surface area contributed by atoms with Gasteiger partial charge in [-0.1, -0.05) is 96.2 Å². The van der Waals surface area contributed by atoms with Crippen LogP contribution in [0.25, 0.3) is 32.7 Å². The van der Waals surface area contributed by atoms with Gasteiger partial charge in [0.25, 0.3) is 0 Å². The summed E-state index contributed by atoms with van der Waals surface area (Å²) in [5.74, 6) is 1.57. The number of nitrogens with zero attached hydrogens (tertiary/aromatic N) is 1. The van der Waals surface area contributed by atoms with Crippen LogP contribution >= 0.6 is 23.4 Å². The minimum atomic E-state index is 0.699. The summed E-state index contributed by atoms with van der Waals surface area (Å²) in [6, 6.07) is 41.3. The molecule has 0 N–H and O–H groups in total. The molecular formula is C34H20ClNO2S. The fourth-order valence-electron chi connectivity index (χ4n) is 5.42. The van der Waals surface area contributed by atoms with E-state index in [2.05, 4.69) is 71.6 Å². The minimum absolute atomic E-state index is 0.699. The molecule has 0 fully saturated rings. The summed E-state index contributed by atoms with van der Waals surface area (Å²) < 4.78 is 13.0. The average molecular weight is 542 g/mol. The monoisotopic (exact) mass is 541 g/mol. The molecule has 0 saturated heterocycles. The van der Waals surface area contributed by atoms with Crippen LogP contribution in [0.5, 0.6) is 11.5 Å². The summed E-state index contributed by atoms with van der Waals surface area (Å²) in [4.78, 5) is 4.21. The van der Waals surface area contributed by atoms with E-state index in [1.54, 1.807) is 11.8 Å². The molecule has 39 heavy (non-hydrogen) atoms. The van der Waals surface area contributed by atoms with Gasteiger partial charge < -0.3 is 14.1 Å². The average Bonchev–Trinajstić information content (AvgIpc) is 3.37. The van der Waals surface area contributed by atoms with Crippen LogP contribution in [0.2, 0.25) is 5.02 Å². The summed E-state index contributed by atoms with van der Waals surface area (Å²) in [5.41, 5.74) is 4.63. The van der Waals surface area contributed by atoms with Crippen molar-refractivity contribution >= 4 is 73.1 Å². The SMILES string of the molecule is Clc1c2c(c(N(c3ccccc3)c3ccc4c(c3)oc3ccccc34)c3ccccc13)Oc1ccccc1S2. The number of hydrogen-bond donors (Lipinski definition) is 0. The number of anilines is 3. The Bertz CT molecular complexity index is 2050. The highest BCUT2D eigenvalue weighted by molar-refractivity contribution is 7.99. The summed E-state index contributed by atoms with van der Waals surface area (Å²) >= 11 is 8.73. The first-order valence-electron chi connectivity index (χ1n) is 12.7. The summed E-state index contributed by atoms with van der Waals surface area (Å²) in [6.45, 7) is 0. The smallest absolute Gasteiger partial charge is 0.167 e. The highest BCUT2D eigenvalue weighted by Crippen LogP contribution is 2.58. The van der Waals surface area contributed by atoms with E-state index in [-0.39, 0.29) is 0 Å². The van der Waals surface area contributed by atoms with Crippen LogP contribution in [0.15, 0.2) is 136 Å². The molecule has 0 saturated carbocycles. The van der Waals surface area contributed by atoms with Crippen molar-refractivity contribution in [1.29, 1.82) is 0 Å². The van der Waals surface area contributed by atoms with Gasteiger partial charge in [0.05, 0.1) is 26.2 Å². The molecule has 1 aliphatic rings. The largest absolute Gasteiger partial charge is 0.456 e. The van der Waals surface area contributed by atoms with Gasteiger partial charge in [-0.25, -0.2) is 0 Å². The van der Waals surface area contributed by atoms with E-state index in [1.807, 2.05) is 54.6 Å². The molecule has 5 heteroatoms. The van der Waals surface area contributed by atoms with Gasteiger partial charge in [0, 0.05) is 33.3 Å². The topological polar surface area (TPSA) is 25.6 Å². The molecule has 6 aromatic carbocycles. The van der Waals surface area contributed by atoms with E-state index >= 15 is 0 Å². The van der Waals surface area contributed by atoms with Crippen molar-refractivity contribution in [2.24, 2.45) is 0 Å². The fraction of sp³-hybridized carbons (Fsp3) is 0. The van der Waals surface area contributed by atoms with Gasteiger partial charge in [-0.2, -0.15) is 0 Å². The normalized spacial score (nSPS) is 12.3. The molecule has 186 valence electrons. The number of hydrogen-bond acceptors (Lipinski definition) is 4. The third-order valence-corrected chi connectivity index (χ3v) is 8.83. The van der Waals surface area contributed by atoms with Gasteiger partial charge >= 0.3 is 0 Å². The molecule has 0 radical (unpaired) electrons. The van der Waals surface area contributed by atoms with Crippen LogP contribution in [0.4, 0.5) is 17.1 Å². The number of furan rings is 1. The zero-order chi connectivity index (χ0) is 25.9. The van der Waals surface area contributed by atoms with E-state index in [9.17, 15) is 0 Å². The highest BCUT2D eigenvalue weighted by atomic mass is 35.5. The van der Waals surface area contributed by atoms with Crippen LogP contribution in [0.3, 0.4) is 0 Å². The third kappa shape index (κ3) is 3.53. The highest BCUT2D eigenvalue weighted by Gasteiger charge is 2.30. The molecule has 0 amide bonds. The van der Waals surface area contributed by atoms with Crippen molar-refractivity contribution in [2.75, 3.05) is 4.90 Å². The number of fused-ring (bicyclic) bond motifs is 6. The van der Waals surface area contributed by atoms with Crippen LogP contribution in [0.1, 0.15) is 0 Å². The quantitative estimate of drug-likeness (QED) is 0.222.